The first-order valence-electron chi connectivity index (χ1n) is 6.04. The first-order valence-corrected chi connectivity index (χ1v) is 6.04. The van der Waals surface area contributed by atoms with Gasteiger partial charge < -0.3 is 10.4 Å². The van der Waals surface area contributed by atoms with Crippen LogP contribution < -0.4 is 5.32 Å². The molecule has 1 amide bonds. The van der Waals surface area contributed by atoms with Crippen molar-refractivity contribution in [1.82, 2.24) is 5.32 Å². The molecule has 0 fully saturated rings. The summed E-state index contributed by atoms with van der Waals surface area (Å²) in [4.78, 5) is 21.9. The largest absolute Gasteiger partial charge is 0.481 e. The topological polar surface area (TPSA) is 90.2 Å². The third-order valence-corrected chi connectivity index (χ3v) is 2.71. The predicted molar refractivity (Wildman–Crippen MR) is 69.2 cm³/mol. The molecule has 1 atom stereocenters. The Morgan fingerprint density at radius 2 is 1.95 bits per heavy atom. The highest BCUT2D eigenvalue weighted by atomic mass is 16.4. The average molecular weight is 260 g/mol. The van der Waals surface area contributed by atoms with Crippen LogP contribution in [-0.4, -0.2) is 17.0 Å². The van der Waals surface area contributed by atoms with Crippen LogP contribution in [0.3, 0.4) is 0 Å². The van der Waals surface area contributed by atoms with Crippen LogP contribution in [0.1, 0.15) is 43.4 Å². The summed E-state index contributed by atoms with van der Waals surface area (Å²) in [6.45, 7) is 1.84. The number of carboxylic acids is 1. The number of carboxylic acid groups (broad SMARTS) is 1. The van der Waals surface area contributed by atoms with E-state index in [0.717, 1.165) is 5.56 Å². The number of aliphatic carboxylic acids is 1. The number of benzene rings is 1. The Morgan fingerprint density at radius 1 is 1.32 bits per heavy atom. The molecule has 100 valence electrons. The van der Waals surface area contributed by atoms with Crippen molar-refractivity contribution in [3.63, 3.8) is 0 Å². The van der Waals surface area contributed by atoms with Gasteiger partial charge in [0.15, 0.2) is 0 Å². The molecule has 0 radical (unpaired) electrons. The number of hydrogen-bond donors (Lipinski definition) is 2. The predicted octanol–water partition coefficient (Wildman–Crippen LogP) is 1.99. The molecule has 2 N–H and O–H groups in total. The SMILES string of the molecule is CC(NC(=O)CCCC(=O)O)c1ccc(C#N)cc1. The van der Waals surface area contributed by atoms with Gasteiger partial charge in [-0.3, -0.25) is 9.59 Å². The highest BCUT2D eigenvalue weighted by Crippen LogP contribution is 2.13. The molecule has 1 aromatic rings. The van der Waals surface area contributed by atoms with Gasteiger partial charge in [0.2, 0.25) is 5.91 Å². The third-order valence-electron chi connectivity index (χ3n) is 2.71. The van der Waals surface area contributed by atoms with Gasteiger partial charge in [-0.1, -0.05) is 12.1 Å². The zero-order chi connectivity index (χ0) is 14.3. The van der Waals surface area contributed by atoms with E-state index in [-0.39, 0.29) is 24.8 Å². The third kappa shape index (κ3) is 5.21. The summed E-state index contributed by atoms with van der Waals surface area (Å²) in [6.07, 6.45) is 0.535. The van der Waals surface area contributed by atoms with Gasteiger partial charge in [0.05, 0.1) is 17.7 Å². The molecule has 5 nitrogen and oxygen atoms in total. The Morgan fingerprint density at radius 3 is 2.47 bits per heavy atom. The van der Waals surface area contributed by atoms with E-state index in [1.807, 2.05) is 13.0 Å². The van der Waals surface area contributed by atoms with Crippen LogP contribution in [0.25, 0.3) is 0 Å². The number of nitrogens with zero attached hydrogens (tertiary/aromatic N) is 1. The number of nitrogens with one attached hydrogen (secondary N) is 1. The monoisotopic (exact) mass is 260 g/mol. The van der Waals surface area contributed by atoms with Crippen LogP contribution in [0.5, 0.6) is 0 Å². The molecule has 0 aliphatic heterocycles. The van der Waals surface area contributed by atoms with Gasteiger partial charge in [0.25, 0.3) is 0 Å². The lowest BCUT2D eigenvalue weighted by atomic mass is 10.1. The number of nitriles is 1. The summed E-state index contributed by atoms with van der Waals surface area (Å²) in [5.74, 6) is -1.06. The quantitative estimate of drug-likeness (QED) is 0.818. The zero-order valence-electron chi connectivity index (χ0n) is 10.7. The van der Waals surface area contributed by atoms with Crippen molar-refractivity contribution in [1.29, 1.82) is 5.26 Å². The van der Waals surface area contributed by atoms with Gasteiger partial charge >= 0.3 is 5.97 Å². The van der Waals surface area contributed by atoms with Crippen LogP contribution in [0, 0.1) is 11.3 Å². The molecule has 19 heavy (non-hydrogen) atoms. The fourth-order valence-corrected chi connectivity index (χ4v) is 1.64. The lowest BCUT2D eigenvalue weighted by Crippen LogP contribution is -2.26. The van der Waals surface area contributed by atoms with Crippen LogP contribution in [0.4, 0.5) is 0 Å². The minimum Gasteiger partial charge on any atom is -0.481 e. The van der Waals surface area contributed by atoms with Crippen LogP contribution in [0.2, 0.25) is 0 Å². The normalized spacial score (nSPS) is 11.4. The summed E-state index contributed by atoms with van der Waals surface area (Å²) in [7, 11) is 0. The molecule has 1 unspecified atom stereocenters. The standard InChI is InChI=1S/C14H16N2O3/c1-10(12-7-5-11(9-15)6-8-12)16-13(17)3-2-4-14(18)19/h5-8,10H,2-4H2,1H3,(H,16,17)(H,18,19). The van der Waals surface area contributed by atoms with Crippen molar-refractivity contribution in [2.24, 2.45) is 0 Å². The summed E-state index contributed by atoms with van der Waals surface area (Å²) < 4.78 is 0. The van der Waals surface area contributed by atoms with Crippen molar-refractivity contribution in [3.8, 4) is 6.07 Å². The lowest BCUT2D eigenvalue weighted by Gasteiger charge is -2.14. The molecule has 1 aromatic carbocycles. The van der Waals surface area contributed by atoms with Crippen molar-refractivity contribution in [3.05, 3.63) is 35.4 Å². The number of rotatable bonds is 6. The molecule has 5 heteroatoms. The van der Waals surface area contributed by atoms with E-state index in [0.29, 0.717) is 12.0 Å². The van der Waals surface area contributed by atoms with Gasteiger partial charge in [-0.25, -0.2) is 0 Å². The van der Waals surface area contributed by atoms with E-state index in [2.05, 4.69) is 5.32 Å². The van der Waals surface area contributed by atoms with Crippen molar-refractivity contribution >= 4 is 11.9 Å². The van der Waals surface area contributed by atoms with Gasteiger partial charge in [-0.15, -0.1) is 0 Å². The first-order chi connectivity index (χ1) is 9.02. The van der Waals surface area contributed by atoms with E-state index < -0.39 is 5.97 Å². The Hall–Kier alpha value is -2.35. The summed E-state index contributed by atoms with van der Waals surface area (Å²) in [5.41, 5.74) is 1.48. The maximum absolute atomic E-state index is 11.6. The van der Waals surface area contributed by atoms with E-state index in [1.165, 1.54) is 0 Å². The van der Waals surface area contributed by atoms with E-state index in [1.54, 1.807) is 24.3 Å². The second-order valence-corrected chi connectivity index (χ2v) is 4.27. The first kappa shape index (κ1) is 14.7. The minimum absolute atomic E-state index is 0.00132. The van der Waals surface area contributed by atoms with Crippen LogP contribution in [-0.2, 0) is 9.59 Å². The molecule has 0 saturated heterocycles. The summed E-state index contributed by atoms with van der Waals surface area (Å²) in [5, 5.41) is 20.0. The Bertz CT molecular complexity index is 488. The highest BCUT2D eigenvalue weighted by Gasteiger charge is 2.10. The Kier molecular flexibility index (Phi) is 5.55. The zero-order valence-corrected chi connectivity index (χ0v) is 10.7. The van der Waals surface area contributed by atoms with Crippen LogP contribution in [0.15, 0.2) is 24.3 Å². The maximum Gasteiger partial charge on any atom is 0.303 e. The smallest absolute Gasteiger partial charge is 0.303 e. The van der Waals surface area contributed by atoms with Gasteiger partial charge in [0, 0.05) is 12.8 Å². The lowest BCUT2D eigenvalue weighted by molar-refractivity contribution is -0.137. The molecule has 0 spiro atoms. The van der Waals surface area contributed by atoms with Crippen LogP contribution >= 0.6 is 0 Å². The summed E-state index contributed by atoms with van der Waals surface area (Å²) in [6, 6.07) is 8.85. The Labute approximate surface area is 111 Å². The van der Waals surface area contributed by atoms with E-state index in [4.69, 9.17) is 10.4 Å². The van der Waals surface area contributed by atoms with E-state index >= 15 is 0 Å². The Balaban J connectivity index is 2.45. The van der Waals surface area contributed by atoms with Crippen molar-refractivity contribution in [2.45, 2.75) is 32.2 Å². The fraction of sp³-hybridized carbons (Fsp3) is 0.357. The molecule has 1 rings (SSSR count). The number of carbonyl (C=O) groups excluding carboxylic acids is 1. The maximum atomic E-state index is 11.6. The fourth-order valence-electron chi connectivity index (χ4n) is 1.64. The van der Waals surface area contributed by atoms with Gasteiger partial charge in [0.1, 0.15) is 0 Å². The average Bonchev–Trinajstić information content (AvgIpc) is 2.38. The molecular weight excluding hydrogens is 244 g/mol. The number of carbonyl (C=O) groups is 2. The molecule has 0 aromatic heterocycles. The van der Waals surface area contributed by atoms with Gasteiger partial charge in [-0.2, -0.15) is 5.26 Å². The molecule has 0 aliphatic carbocycles. The number of hydrogen-bond acceptors (Lipinski definition) is 3. The molecule has 0 saturated carbocycles. The molecule has 0 heterocycles. The molecule has 0 bridgehead atoms. The minimum atomic E-state index is -0.895. The molecule has 0 aliphatic rings. The second kappa shape index (κ2) is 7.17. The van der Waals surface area contributed by atoms with E-state index in [9.17, 15) is 9.59 Å². The van der Waals surface area contributed by atoms with Crippen molar-refractivity contribution in [2.75, 3.05) is 0 Å². The second-order valence-electron chi connectivity index (χ2n) is 4.27. The number of amides is 1. The van der Waals surface area contributed by atoms with Crippen molar-refractivity contribution < 1.29 is 14.7 Å². The summed E-state index contributed by atoms with van der Waals surface area (Å²) >= 11 is 0. The van der Waals surface area contributed by atoms with Gasteiger partial charge in [-0.05, 0) is 31.0 Å². The molecular formula is C14H16N2O3. The highest BCUT2D eigenvalue weighted by molar-refractivity contribution is 5.77.